The van der Waals surface area contributed by atoms with Crippen LogP contribution in [0.2, 0.25) is 0 Å². The number of urea groups is 1. The second kappa shape index (κ2) is 7.96. The second-order valence-corrected chi connectivity index (χ2v) is 7.99. The van der Waals surface area contributed by atoms with Crippen molar-refractivity contribution in [3.8, 4) is 5.69 Å². The van der Waals surface area contributed by atoms with Crippen LogP contribution in [-0.4, -0.2) is 20.6 Å². The maximum atomic E-state index is 13.1. The number of anilines is 2. The molecule has 5 rings (SSSR count). The standard InChI is InChI=1S/C24H23FN6O/c1-14(15-5-7-16(25)8-6-15)29-24(32)30-17-9-11-18(12-10-17)31-20-4-2-3-19(20)21-22(31)23(26)28-13-27-21/h5-14H,2-4H2,1H3,(H2,26,27,28)(H2,29,30,32)/t14-/m0/s1. The van der Waals surface area contributed by atoms with E-state index in [4.69, 9.17) is 5.73 Å². The molecule has 162 valence electrons. The lowest BCUT2D eigenvalue weighted by atomic mass is 10.1. The molecule has 2 aromatic carbocycles. The molecule has 4 aromatic rings. The van der Waals surface area contributed by atoms with Crippen LogP contribution >= 0.6 is 0 Å². The number of benzene rings is 2. The number of fused-ring (bicyclic) bond motifs is 3. The number of rotatable bonds is 4. The Kier molecular flexibility index (Phi) is 4.97. The fraction of sp³-hybridized carbons (Fsp3) is 0.208. The molecule has 2 aromatic heterocycles. The number of hydrogen-bond acceptors (Lipinski definition) is 4. The minimum Gasteiger partial charge on any atom is -0.382 e. The first-order valence-corrected chi connectivity index (χ1v) is 10.6. The largest absolute Gasteiger partial charge is 0.382 e. The summed E-state index contributed by atoms with van der Waals surface area (Å²) in [5.41, 5.74) is 12.8. The van der Waals surface area contributed by atoms with Crippen LogP contribution in [0, 0.1) is 5.82 Å². The lowest BCUT2D eigenvalue weighted by Crippen LogP contribution is -2.31. The minimum atomic E-state index is -0.334. The van der Waals surface area contributed by atoms with Crippen molar-refractivity contribution in [2.24, 2.45) is 0 Å². The fourth-order valence-corrected chi connectivity index (χ4v) is 4.38. The summed E-state index contributed by atoms with van der Waals surface area (Å²) in [6.07, 6.45) is 4.56. The summed E-state index contributed by atoms with van der Waals surface area (Å²) >= 11 is 0. The molecule has 32 heavy (non-hydrogen) atoms. The first-order chi connectivity index (χ1) is 15.5. The number of halogens is 1. The Labute approximate surface area is 184 Å². The smallest absolute Gasteiger partial charge is 0.319 e. The predicted octanol–water partition coefficient (Wildman–Crippen LogP) is 4.51. The monoisotopic (exact) mass is 430 g/mol. The number of nitrogen functional groups attached to an aromatic ring is 1. The summed E-state index contributed by atoms with van der Waals surface area (Å²) in [5.74, 6) is 0.153. The Balaban J connectivity index is 1.35. The molecule has 0 saturated heterocycles. The zero-order valence-corrected chi connectivity index (χ0v) is 17.6. The number of aromatic nitrogens is 3. The van der Waals surface area contributed by atoms with Crippen molar-refractivity contribution in [2.45, 2.75) is 32.2 Å². The lowest BCUT2D eigenvalue weighted by Gasteiger charge is -2.16. The Morgan fingerprint density at radius 1 is 1.09 bits per heavy atom. The van der Waals surface area contributed by atoms with Crippen molar-refractivity contribution in [2.75, 3.05) is 11.1 Å². The molecule has 0 radical (unpaired) electrons. The zero-order valence-electron chi connectivity index (χ0n) is 17.6. The van der Waals surface area contributed by atoms with Crippen LogP contribution in [0.15, 0.2) is 54.9 Å². The van der Waals surface area contributed by atoms with Gasteiger partial charge in [0.2, 0.25) is 0 Å². The minimum absolute atomic E-state index is 0.258. The van der Waals surface area contributed by atoms with E-state index in [-0.39, 0.29) is 17.9 Å². The van der Waals surface area contributed by atoms with Gasteiger partial charge in [-0.25, -0.2) is 19.2 Å². The maximum Gasteiger partial charge on any atom is 0.319 e. The highest BCUT2D eigenvalue weighted by Crippen LogP contribution is 2.36. The molecule has 8 heteroatoms. The second-order valence-electron chi connectivity index (χ2n) is 7.99. The zero-order chi connectivity index (χ0) is 22.2. The van der Waals surface area contributed by atoms with Crippen LogP contribution < -0.4 is 16.4 Å². The van der Waals surface area contributed by atoms with Crippen molar-refractivity contribution in [1.82, 2.24) is 19.9 Å². The average Bonchev–Trinajstić information content (AvgIpc) is 3.37. The number of nitrogens with two attached hydrogens (primary N) is 1. The van der Waals surface area contributed by atoms with Gasteiger partial charge in [-0.05, 0) is 73.7 Å². The quantitative estimate of drug-likeness (QED) is 0.444. The highest BCUT2D eigenvalue weighted by Gasteiger charge is 2.25. The van der Waals surface area contributed by atoms with Crippen LogP contribution in [0.1, 0.15) is 36.2 Å². The summed E-state index contributed by atoms with van der Waals surface area (Å²) in [6, 6.07) is 13.1. The normalized spacial score (nSPS) is 13.7. The molecule has 0 aliphatic heterocycles. The summed E-state index contributed by atoms with van der Waals surface area (Å²) in [6.45, 7) is 1.85. The molecule has 0 spiro atoms. The van der Waals surface area contributed by atoms with Crippen molar-refractivity contribution < 1.29 is 9.18 Å². The summed E-state index contributed by atoms with van der Waals surface area (Å²) in [5, 5.41) is 5.71. The van der Waals surface area contributed by atoms with Gasteiger partial charge >= 0.3 is 6.03 Å². The van der Waals surface area contributed by atoms with Gasteiger partial charge in [-0.15, -0.1) is 0 Å². The topological polar surface area (TPSA) is 97.9 Å². The molecular formula is C24H23FN6O. The van der Waals surface area contributed by atoms with Gasteiger partial charge in [-0.1, -0.05) is 12.1 Å². The molecular weight excluding hydrogens is 407 g/mol. The van der Waals surface area contributed by atoms with Crippen LogP contribution in [0.3, 0.4) is 0 Å². The van der Waals surface area contributed by atoms with E-state index >= 15 is 0 Å². The van der Waals surface area contributed by atoms with Gasteiger partial charge in [0.15, 0.2) is 5.82 Å². The van der Waals surface area contributed by atoms with E-state index < -0.39 is 0 Å². The van der Waals surface area contributed by atoms with Crippen LogP contribution in [0.4, 0.5) is 20.7 Å². The van der Waals surface area contributed by atoms with E-state index in [0.29, 0.717) is 11.5 Å². The Morgan fingerprint density at radius 2 is 1.84 bits per heavy atom. The molecule has 0 fully saturated rings. The van der Waals surface area contributed by atoms with Crippen molar-refractivity contribution in [3.05, 3.63) is 77.5 Å². The van der Waals surface area contributed by atoms with Gasteiger partial charge < -0.3 is 20.9 Å². The number of carbonyl (C=O) groups excluding carboxylic acids is 1. The van der Waals surface area contributed by atoms with Crippen molar-refractivity contribution >= 4 is 28.6 Å². The van der Waals surface area contributed by atoms with Crippen LogP contribution in [0.5, 0.6) is 0 Å². The fourth-order valence-electron chi connectivity index (χ4n) is 4.38. The summed E-state index contributed by atoms with van der Waals surface area (Å²) < 4.78 is 15.2. The van der Waals surface area contributed by atoms with E-state index in [1.165, 1.54) is 29.7 Å². The summed E-state index contributed by atoms with van der Waals surface area (Å²) in [7, 11) is 0. The summed E-state index contributed by atoms with van der Waals surface area (Å²) in [4.78, 5) is 21.1. The molecule has 1 aliphatic rings. The number of hydrogen-bond donors (Lipinski definition) is 3. The van der Waals surface area contributed by atoms with Gasteiger partial charge in [0.1, 0.15) is 17.7 Å². The Morgan fingerprint density at radius 3 is 2.59 bits per heavy atom. The molecule has 0 unspecified atom stereocenters. The molecule has 4 N–H and O–H groups in total. The SMILES string of the molecule is C[C@H](NC(=O)Nc1ccc(-n2c3c(c4ncnc(N)c42)CCC3)cc1)c1ccc(F)cc1. The molecule has 1 atom stereocenters. The number of nitrogens with one attached hydrogen (secondary N) is 2. The maximum absolute atomic E-state index is 13.1. The Hall–Kier alpha value is -3.94. The van der Waals surface area contributed by atoms with E-state index in [1.54, 1.807) is 12.1 Å². The number of nitrogens with zero attached hydrogens (tertiary/aromatic N) is 3. The number of amides is 2. The third kappa shape index (κ3) is 3.53. The first kappa shape index (κ1) is 20.0. The van der Waals surface area contributed by atoms with Crippen LogP contribution in [0.25, 0.3) is 16.7 Å². The van der Waals surface area contributed by atoms with E-state index in [2.05, 4.69) is 25.2 Å². The van der Waals surface area contributed by atoms with E-state index in [0.717, 1.165) is 41.5 Å². The van der Waals surface area contributed by atoms with E-state index in [1.807, 2.05) is 31.2 Å². The van der Waals surface area contributed by atoms with Gasteiger partial charge in [-0.3, -0.25) is 0 Å². The number of carbonyl (C=O) groups is 1. The molecule has 0 bridgehead atoms. The van der Waals surface area contributed by atoms with E-state index in [9.17, 15) is 9.18 Å². The highest BCUT2D eigenvalue weighted by atomic mass is 19.1. The van der Waals surface area contributed by atoms with Gasteiger partial charge in [-0.2, -0.15) is 0 Å². The first-order valence-electron chi connectivity index (χ1n) is 10.6. The lowest BCUT2D eigenvalue weighted by molar-refractivity contribution is 0.249. The highest BCUT2D eigenvalue weighted by molar-refractivity contribution is 5.92. The Bertz CT molecular complexity index is 1300. The van der Waals surface area contributed by atoms with Gasteiger partial charge in [0.25, 0.3) is 0 Å². The molecule has 0 saturated carbocycles. The van der Waals surface area contributed by atoms with Crippen molar-refractivity contribution in [3.63, 3.8) is 0 Å². The van der Waals surface area contributed by atoms with Gasteiger partial charge in [0, 0.05) is 17.1 Å². The van der Waals surface area contributed by atoms with Gasteiger partial charge in [0.05, 0.1) is 11.6 Å². The number of aryl methyl sites for hydroxylation is 1. The third-order valence-electron chi connectivity index (χ3n) is 5.92. The average molecular weight is 430 g/mol. The molecule has 1 aliphatic carbocycles. The molecule has 2 heterocycles. The molecule has 2 amide bonds. The molecule has 7 nitrogen and oxygen atoms in total. The predicted molar refractivity (Wildman–Crippen MR) is 122 cm³/mol. The van der Waals surface area contributed by atoms with Crippen LogP contribution in [-0.2, 0) is 12.8 Å². The third-order valence-corrected chi connectivity index (χ3v) is 5.92. The van der Waals surface area contributed by atoms with Crippen molar-refractivity contribution in [1.29, 1.82) is 0 Å².